The Morgan fingerprint density at radius 1 is 0.786 bits per heavy atom. The summed E-state index contributed by atoms with van der Waals surface area (Å²) in [6.07, 6.45) is 3.10. The number of ketones is 1. The first kappa shape index (κ1) is 19.0. The number of anilines is 1. The van der Waals surface area contributed by atoms with Crippen molar-refractivity contribution in [3.8, 4) is 23.0 Å². The molecule has 0 aliphatic rings. The highest BCUT2D eigenvalue weighted by atomic mass is 16.5. The molecule has 0 saturated carbocycles. The fourth-order valence-electron chi connectivity index (χ4n) is 2.51. The Morgan fingerprint density at radius 2 is 1.43 bits per heavy atom. The predicted octanol–water partition coefficient (Wildman–Crippen LogP) is 5.30. The molecule has 1 N–H and O–H groups in total. The molecule has 0 amide bonds. The summed E-state index contributed by atoms with van der Waals surface area (Å²) in [4.78, 5) is 12.2. The maximum atomic E-state index is 12.2. The summed E-state index contributed by atoms with van der Waals surface area (Å²) in [5.74, 6) is 2.63. The Balaban J connectivity index is 1.58. The van der Waals surface area contributed by atoms with Crippen molar-refractivity contribution in [2.75, 3.05) is 19.5 Å². The minimum Gasteiger partial charge on any atom is -0.497 e. The van der Waals surface area contributed by atoms with E-state index in [1.165, 1.54) is 6.08 Å². The summed E-state index contributed by atoms with van der Waals surface area (Å²) in [7, 11) is 3.20. The number of para-hydroxylation sites is 2. The van der Waals surface area contributed by atoms with Gasteiger partial charge in [0, 0.05) is 23.5 Å². The summed E-state index contributed by atoms with van der Waals surface area (Å²) in [6.45, 7) is 0. The van der Waals surface area contributed by atoms with Crippen molar-refractivity contribution in [3.05, 3.63) is 90.6 Å². The third-order valence-electron chi connectivity index (χ3n) is 4.01. The molecule has 3 aromatic carbocycles. The Labute approximate surface area is 164 Å². The van der Waals surface area contributed by atoms with E-state index >= 15 is 0 Å². The number of ether oxygens (including phenoxy) is 3. The number of hydrogen-bond acceptors (Lipinski definition) is 5. The molecule has 0 saturated heterocycles. The minimum absolute atomic E-state index is 0.0914. The van der Waals surface area contributed by atoms with Crippen LogP contribution in [0.25, 0.3) is 0 Å². The monoisotopic (exact) mass is 375 g/mol. The van der Waals surface area contributed by atoms with E-state index in [4.69, 9.17) is 14.2 Å². The Kier molecular flexibility index (Phi) is 6.31. The first-order valence-electron chi connectivity index (χ1n) is 8.72. The lowest BCUT2D eigenvalue weighted by atomic mass is 10.1. The van der Waals surface area contributed by atoms with Gasteiger partial charge in [0.05, 0.1) is 14.2 Å². The van der Waals surface area contributed by atoms with E-state index in [0.717, 1.165) is 5.69 Å². The molecular formula is C23H21NO4. The topological polar surface area (TPSA) is 56.8 Å². The molecule has 0 spiro atoms. The number of methoxy groups -OCH3 is 2. The number of allylic oxidation sites excluding steroid dienone is 1. The molecule has 0 bridgehead atoms. The van der Waals surface area contributed by atoms with Crippen LogP contribution in [0.3, 0.4) is 0 Å². The van der Waals surface area contributed by atoms with E-state index in [9.17, 15) is 4.79 Å². The Bertz CT molecular complexity index is 947. The van der Waals surface area contributed by atoms with Crippen LogP contribution in [0.5, 0.6) is 23.0 Å². The number of hydrogen-bond donors (Lipinski definition) is 1. The zero-order valence-corrected chi connectivity index (χ0v) is 15.7. The van der Waals surface area contributed by atoms with E-state index in [1.54, 1.807) is 44.7 Å². The number of nitrogens with one attached hydrogen (secondary N) is 1. The van der Waals surface area contributed by atoms with Crippen LogP contribution in [0, 0.1) is 0 Å². The van der Waals surface area contributed by atoms with Crippen LogP contribution < -0.4 is 19.5 Å². The molecular weight excluding hydrogens is 354 g/mol. The van der Waals surface area contributed by atoms with Crippen molar-refractivity contribution in [3.63, 3.8) is 0 Å². The second-order valence-corrected chi connectivity index (χ2v) is 5.85. The highest BCUT2D eigenvalue weighted by molar-refractivity contribution is 6.04. The second-order valence-electron chi connectivity index (χ2n) is 5.85. The molecule has 0 aromatic heterocycles. The maximum absolute atomic E-state index is 12.2. The molecule has 3 rings (SSSR count). The first-order valence-corrected chi connectivity index (χ1v) is 8.72. The van der Waals surface area contributed by atoms with Crippen LogP contribution in [0.2, 0.25) is 0 Å². The maximum Gasteiger partial charge on any atom is 0.187 e. The van der Waals surface area contributed by atoms with Crippen molar-refractivity contribution < 1.29 is 19.0 Å². The molecule has 0 aliphatic heterocycles. The summed E-state index contributed by atoms with van der Waals surface area (Å²) < 4.78 is 16.2. The summed E-state index contributed by atoms with van der Waals surface area (Å²) in [5, 5.41) is 3.08. The second kappa shape index (κ2) is 9.28. The van der Waals surface area contributed by atoms with Gasteiger partial charge in [-0.2, -0.15) is 0 Å². The molecule has 3 aromatic rings. The van der Waals surface area contributed by atoms with Gasteiger partial charge in [0.2, 0.25) is 0 Å². The number of benzene rings is 3. The normalized spacial score (nSPS) is 10.5. The van der Waals surface area contributed by atoms with Crippen molar-refractivity contribution >= 4 is 11.5 Å². The van der Waals surface area contributed by atoms with E-state index in [1.807, 2.05) is 48.5 Å². The van der Waals surface area contributed by atoms with Crippen LogP contribution in [-0.4, -0.2) is 20.0 Å². The van der Waals surface area contributed by atoms with Gasteiger partial charge in [0.1, 0.15) is 11.5 Å². The molecule has 5 nitrogen and oxygen atoms in total. The molecule has 28 heavy (non-hydrogen) atoms. The standard InChI is InChI=1S/C23H21NO4/c1-26-19-11-7-17(8-12-19)21(25)15-16-24-18-9-13-20(14-10-18)28-23-6-4-3-5-22(23)27-2/h3-16,24H,1-2H3/b16-15+. The molecule has 0 fully saturated rings. The third kappa shape index (κ3) is 4.92. The van der Waals surface area contributed by atoms with E-state index in [2.05, 4.69) is 5.32 Å². The van der Waals surface area contributed by atoms with Crippen LogP contribution in [0.15, 0.2) is 85.1 Å². The van der Waals surface area contributed by atoms with Gasteiger partial charge in [-0.05, 0) is 60.7 Å². The first-order chi connectivity index (χ1) is 13.7. The fraction of sp³-hybridized carbons (Fsp3) is 0.0870. The van der Waals surface area contributed by atoms with Crippen molar-refractivity contribution in [2.24, 2.45) is 0 Å². The zero-order chi connectivity index (χ0) is 19.8. The van der Waals surface area contributed by atoms with Gasteiger partial charge in [-0.1, -0.05) is 12.1 Å². The minimum atomic E-state index is -0.0914. The molecule has 5 heteroatoms. The van der Waals surface area contributed by atoms with Gasteiger partial charge in [-0.3, -0.25) is 4.79 Å². The molecule has 0 heterocycles. The number of carbonyl (C=O) groups is 1. The van der Waals surface area contributed by atoms with Crippen LogP contribution in [0.4, 0.5) is 5.69 Å². The summed E-state index contributed by atoms with van der Waals surface area (Å²) >= 11 is 0. The summed E-state index contributed by atoms with van der Waals surface area (Å²) in [5.41, 5.74) is 1.44. The van der Waals surface area contributed by atoms with Gasteiger partial charge in [-0.25, -0.2) is 0 Å². The van der Waals surface area contributed by atoms with Gasteiger partial charge < -0.3 is 19.5 Å². The van der Waals surface area contributed by atoms with E-state index in [0.29, 0.717) is 28.6 Å². The zero-order valence-electron chi connectivity index (χ0n) is 15.7. The largest absolute Gasteiger partial charge is 0.497 e. The smallest absolute Gasteiger partial charge is 0.187 e. The molecule has 0 atom stereocenters. The Hall–Kier alpha value is -3.73. The van der Waals surface area contributed by atoms with Crippen molar-refractivity contribution in [1.29, 1.82) is 0 Å². The molecule has 142 valence electrons. The number of carbonyl (C=O) groups excluding carboxylic acids is 1. The molecule has 0 radical (unpaired) electrons. The molecule has 0 aliphatic carbocycles. The van der Waals surface area contributed by atoms with Gasteiger partial charge in [-0.15, -0.1) is 0 Å². The van der Waals surface area contributed by atoms with Crippen LogP contribution in [0.1, 0.15) is 10.4 Å². The lowest BCUT2D eigenvalue weighted by Gasteiger charge is -2.10. The third-order valence-corrected chi connectivity index (χ3v) is 4.01. The van der Waals surface area contributed by atoms with E-state index < -0.39 is 0 Å². The fourth-order valence-corrected chi connectivity index (χ4v) is 2.51. The Morgan fingerprint density at radius 3 is 2.07 bits per heavy atom. The highest BCUT2D eigenvalue weighted by Gasteiger charge is 2.04. The van der Waals surface area contributed by atoms with Crippen LogP contribution >= 0.6 is 0 Å². The van der Waals surface area contributed by atoms with Gasteiger partial charge in [0.15, 0.2) is 17.3 Å². The van der Waals surface area contributed by atoms with Crippen molar-refractivity contribution in [1.82, 2.24) is 0 Å². The summed E-state index contributed by atoms with van der Waals surface area (Å²) in [6, 6.07) is 21.9. The van der Waals surface area contributed by atoms with Gasteiger partial charge >= 0.3 is 0 Å². The number of rotatable bonds is 8. The average molecular weight is 375 g/mol. The SMILES string of the molecule is COc1ccc(C(=O)/C=C/Nc2ccc(Oc3ccccc3OC)cc2)cc1. The lowest BCUT2D eigenvalue weighted by Crippen LogP contribution is -1.96. The van der Waals surface area contributed by atoms with Crippen molar-refractivity contribution in [2.45, 2.75) is 0 Å². The van der Waals surface area contributed by atoms with E-state index in [-0.39, 0.29) is 5.78 Å². The predicted molar refractivity (Wildman–Crippen MR) is 110 cm³/mol. The quantitative estimate of drug-likeness (QED) is 0.427. The van der Waals surface area contributed by atoms with Crippen LogP contribution in [-0.2, 0) is 0 Å². The average Bonchev–Trinajstić information content (AvgIpc) is 2.75. The van der Waals surface area contributed by atoms with Gasteiger partial charge in [0.25, 0.3) is 0 Å². The highest BCUT2D eigenvalue weighted by Crippen LogP contribution is 2.31. The molecule has 0 unspecified atom stereocenters. The lowest BCUT2D eigenvalue weighted by molar-refractivity contribution is 0.104.